The Hall–Kier alpha value is -3.09. The van der Waals surface area contributed by atoms with Gasteiger partial charge in [0.25, 0.3) is 0 Å². The van der Waals surface area contributed by atoms with E-state index in [0.29, 0.717) is 16.0 Å². The Balaban J connectivity index is 1.45. The lowest BCUT2D eigenvalue weighted by Crippen LogP contribution is -2.34. The molecule has 0 fully saturated rings. The lowest BCUT2D eigenvalue weighted by Gasteiger charge is -2.14. The third-order valence-electron chi connectivity index (χ3n) is 5.21. The van der Waals surface area contributed by atoms with Crippen LogP contribution in [0.2, 0.25) is 5.02 Å². The summed E-state index contributed by atoms with van der Waals surface area (Å²) >= 11 is 7.80. The Bertz CT molecular complexity index is 1200. The first-order valence-electron chi connectivity index (χ1n) is 10.8. The summed E-state index contributed by atoms with van der Waals surface area (Å²) in [4.78, 5) is 12.6. The summed E-state index contributed by atoms with van der Waals surface area (Å²) in [5.74, 6) is 0.872. The van der Waals surface area contributed by atoms with Crippen molar-refractivity contribution in [2.24, 2.45) is 0 Å². The highest BCUT2D eigenvalue weighted by Gasteiger charge is 2.19. The summed E-state index contributed by atoms with van der Waals surface area (Å²) in [6.45, 7) is 2.04. The smallest absolute Gasteiger partial charge is 0.230 e. The van der Waals surface area contributed by atoms with Gasteiger partial charge in [-0.3, -0.25) is 9.36 Å². The fourth-order valence-electron chi connectivity index (χ4n) is 3.54. The summed E-state index contributed by atoms with van der Waals surface area (Å²) in [6, 6.07) is 27.8. The number of nitrogens with zero attached hydrogens (tertiary/aromatic N) is 3. The Morgan fingerprint density at radius 1 is 0.970 bits per heavy atom. The quantitative estimate of drug-likeness (QED) is 0.309. The Kier molecular flexibility index (Phi) is 7.81. The zero-order valence-electron chi connectivity index (χ0n) is 18.3. The maximum absolute atomic E-state index is 12.6. The highest BCUT2D eigenvalue weighted by molar-refractivity contribution is 7.99. The van der Waals surface area contributed by atoms with Crippen LogP contribution >= 0.6 is 23.4 Å². The van der Waals surface area contributed by atoms with E-state index in [-0.39, 0.29) is 17.7 Å². The van der Waals surface area contributed by atoms with Crippen LogP contribution in [-0.2, 0) is 11.2 Å². The van der Waals surface area contributed by atoms with E-state index in [0.717, 1.165) is 24.1 Å². The number of halogens is 1. The SMILES string of the molecule is CC(CCc1ccccc1)NC(=O)CSc1nnc(-c2ccccc2Cl)n1-c1ccccc1. The lowest BCUT2D eigenvalue weighted by atomic mass is 10.1. The molecule has 168 valence electrons. The second-order valence-corrected chi connectivity index (χ2v) is 9.09. The molecular formula is C26H25ClN4OS. The third kappa shape index (κ3) is 6.03. The van der Waals surface area contributed by atoms with Crippen LogP contribution in [0.1, 0.15) is 18.9 Å². The van der Waals surface area contributed by atoms with Gasteiger partial charge in [0.15, 0.2) is 11.0 Å². The van der Waals surface area contributed by atoms with Gasteiger partial charge in [0.05, 0.1) is 10.8 Å². The predicted molar refractivity (Wildman–Crippen MR) is 135 cm³/mol. The van der Waals surface area contributed by atoms with Gasteiger partial charge in [-0.15, -0.1) is 10.2 Å². The average Bonchev–Trinajstić information content (AvgIpc) is 3.26. The number of benzene rings is 3. The molecule has 1 N–H and O–H groups in total. The highest BCUT2D eigenvalue weighted by Crippen LogP contribution is 2.31. The van der Waals surface area contributed by atoms with Crippen LogP contribution in [-0.4, -0.2) is 32.5 Å². The summed E-state index contributed by atoms with van der Waals surface area (Å²) in [5, 5.41) is 13.1. The topological polar surface area (TPSA) is 59.8 Å². The molecule has 4 rings (SSSR count). The molecular weight excluding hydrogens is 452 g/mol. The van der Waals surface area contributed by atoms with Gasteiger partial charge in [-0.05, 0) is 49.6 Å². The molecule has 1 amide bonds. The maximum atomic E-state index is 12.6. The Morgan fingerprint density at radius 2 is 1.64 bits per heavy atom. The van der Waals surface area contributed by atoms with E-state index in [1.54, 1.807) is 0 Å². The molecule has 0 saturated carbocycles. The average molecular weight is 477 g/mol. The van der Waals surface area contributed by atoms with E-state index >= 15 is 0 Å². The van der Waals surface area contributed by atoms with Crippen LogP contribution in [0, 0.1) is 0 Å². The molecule has 7 heteroatoms. The van der Waals surface area contributed by atoms with Crippen LogP contribution in [0.4, 0.5) is 0 Å². The van der Waals surface area contributed by atoms with E-state index in [2.05, 4.69) is 27.6 Å². The normalized spacial score (nSPS) is 11.8. The predicted octanol–water partition coefficient (Wildman–Crippen LogP) is 5.82. The van der Waals surface area contributed by atoms with E-state index in [1.807, 2.05) is 84.3 Å². The zero-order chi connectivity index (χ0) is 23.0. The van der Waals surface area contributed by atoms with Crippen LogP contribution in [0.5, 0.6) is 0 Å². The zero-order valence-corrected chi connectivity index (χ0v) is 19.9. The fraction of sp³-hybridized carbons (Fsp3) is 0.192. The van der Waals surface area contributed by atoms with E-state index in [9.17, 15) is 4.79 Å². The number of hydrogen-bond donors (Lipinski definition) is 1. The Labute approximate surface area is 203 Å². The number of aryl methyl sites for hydroxylation is 1. The Morgan fingerprint density at radius 3 is 2.36 bits per heavy atom. The van der Waals surface area contributed by atoms with Crippen molar-refractivity contribution in [3.63, 3.8) is 0 Å². The largest absolute Gasteiger partial charge is 0.353 e. The molecule has 33 heavy (non-hydrogen) atoms. The van der Waals surface area contributed by atoms with Crippen molar-refractivity contribution in [3.05, 3.63) is 95.5 Å². The molecule has 0 saturated heterocycles. The number of thioether (sulfide) groups is 1. The molecule has 0 aliphatic heterocycles. The van der Waals surface area contributed by atoms with E-state index < -0.39 is 0 Å². The van der Waals surface area contributed by atoms with Crippen molar-refractivity contribution in [2.75, 3.05) is 5.75 Å². The first kappa shape index (κ1) is 23.1. The van der Waals surface area contributed by atoms with Gasteiger partial charge in [0, 0.05) is 17.3 Å². The number of hydrogen-bond acceptors (Lipinski definition) is 4. The van der Waals surface area contributed by atoms with Gasteiger partial charge in [-0.25, -0.2) is 0 Å². The summed E-state index contributed by atoms with van der Waals surface area (Å²) < 4.78 is 1.94. The third-order valence-corrected chi connectivity index (χ3v) is 6.47. The molecule has 5 nitrogen and oxygen atoms in total. The van der Waals surface area contributed by atoms with Crippen LogP contribution in [0.3, 0.4) is 0 Å². The lowest BCUT2D eigenvalue weighted by molar-refractivity contribution is -0.119. The number of carbonyl (C=O) groups is 1. The van der Waals surface area contributed by atoms with Gasteiger partial charge in [-0.2, -0.15) is 0 Å². The molecule has 1 atom stereocenters. The minimum Gasteiger partial charge on any atom is -0.353 e. The number of aromatic nitrogens is 3. The highest BCUT2D eigenvalue weighted by atomic mass is 35.5. The maximum Gasteiger partial charge on any atom is 0.230 e. The molecule has 0 bridgehead atoms. The van der Waals surface area contributed by atoms with Gasteiger partial charge in [-0.1, -0.05) is 84.0 Å². The minimum absolute atomic E-state index is 0.0255. The van der Waals surface area contributed by atoms with E-state index in [4.69, 9.17) is 11.6 Å². The summed E-state index contributed by atoms with van der Waals surface area (Å²) in [6.07, 6.45) is 1.82. The minimum atomic E-state index is -0.0255. The molecule has 4 aromatic rings. The first-order chi connectivity index (χ1) is 16.1. The molecule has 3 aromatic carbocycles. The molecule has 0 aliphatic rings. The number of carbonyl (C=O) groups excluding carboxylic acids is 1. The van der Waals surface area contributed by atoms with Gasteiger partial charge < -0.3 is 5.32 Å². The fourth-order valence-corrected chi connectivity index (χ4v) is 4.52. The summed E-state index contributed by atoms with van der Waals surface area (Å²) in [5.41, 5.74) is 2.98. The first-order valence-corrected chi connectivity index (χ1v) is 12.2. The molecule has 1 heterocycles. The second kappa shape index (κ2) is 11.2. The number of nitrogens with one attached hydrogen (secondary N) is 1. The standard InChI is InChI=1S/C26H25ClN4OS/c1-19(16-17-20-10-4-2-5-11-20)28-24(32)18-33-26-30-29-25(22-14-8-9-15-23(22)27)31(26)21-12-6-3-7-13-21/h2-15,19H,16-18H2,1H3,(H,28,32). The number of amides is 1. The molecule has 0 radical (unpaired) electrons. The van der Waals surface area contributed by atoms with Crippen molar-refractivity contribution < 1.29 is 4.79 Å². The molecule has 1 unspecified atom stereocenters. The molecule has 1 aromatic heterocycles. The van der Waals surface area contributed by atoms with E-state index in [1.165, 1.54) is 17.3 Å². The monoisotopic (exact) mass is 476 g/mol. The second-order valence-electron chi connectivity index (χ2n) is 7.74. The van der Waals surface area contributed by atoms with Crippen molar-refractivity contribution >= 4 is 29.3 Å². The van der Waals surface area contributed by atoms with Crippen LogP contribution in [0.25, 0.3) is 17.1 Å². The van der Waals surface area contributed by atoms with Gasteiger partial charge >= 0.3 is 0 Å². The van der Waals surface area contributed by atoms with Crippen LogP contribution < -0.4 is 5.32 Å². The van der Waals surface area contributed by atoms with Crippen molar-refractivity contribution in [3.8, 4) is 17.1 Å². The van der Waals surface area contributed by atoms with Crippen molar-refractivity contribution in [1.29, 1.82) is 0 Å². The van der Waals surface area contributed by atoms with Gasteiger partial charge in [0.2, 0.25) is 5.91 Å². The van der Waals surface area contributed by atoms with Crippen LogP contribution in [0.15, 0.2) is 90.1 Å². The van der Waals surface area contributed by atoms with Crippen molar-refractivity contribution in [1.82, 2.24) is 20.1 Å². The summed E-state index contributed by atoms with van der Waals surface area (Å²) in [7, 11) is 0. The molecule has 0 aliphatic carbocycles. The number of para-hydroxylation sites is 1. The van der Waals surface area contributed by atoms with Gasteiger partial charge in [0.1, 0.15) is 0 Å². The van der Waals surface area contributed by atoms with Crippen molar-refractivity contribution in [2.45, 2.75) is 31.0 Å². The molecule has 0 spiro atoms. The number of rotatable bonds is 9.